The monoisotopic (exact) mass is 773 g/mol. The topological polar surface area (TPSA) is 125 Å². The van der Waals surface area contributed by atoms with Gasteiger partial charge >= 0.3 is 5.97 Å². The van der Waals surface area contributed by atoms with Crippen molar-refractivity contribution in [3.63, 3.8) is 0 Å². The Morgan fingerprint density at radius 1 is 0.949 bits per heavy atom. The van der Waals surface area contributed by atoms with Gasteiger partial charge in [-0.2, -0.15) is 5.10 Å². The van der Waals surface area contributed by atoms with Crippen LogP contribution >= 0.6 is 54.5 Å². The number of carbonyl (C=O) groups excluding carboxylic acids is 3. The van der Waals surface area contributed by atoms with Gasteiger partial charge in [0.2, 0.25) is 5.75 Å². The molecule has 0 aliphatic carbocycles. The second-order valence-corrected chi connectivity index (χ2v) is 10.5. The number of nitrogens with one attached hydrogen (secondary N) is 2. The Morgan fingerprint density at radius 3 is 2.23 bits per heavy atom. The van der Waals surface area contributed by atoms with Crippen molar-refractivity contribution in [2.75, 3.05) is 27.9 Å². The lowest BCUT2D eigenvalue weighted by atomic mass is 10.1. The summed E-state index contributed by atoms with van der Waals surface area (Å²) in [6, 6.07) is 13.4. The fourth-order valence-electron chi connectivity index (χ4n) is 3.25. The lowest BCUT2D eigenvalue weighted by molar-refractivity contribution is -0.120. The van der Waals surface area contributed by atoms with Crippen LogP contribution in [-0.2, 0) is 4.79 Å². The number of esters is 1. The van der Waals surface area contributed by atoms with E-state index in [0.29, 0.717) is 37.3 Å². The summed E-state index contributed by atoms with van der Waals surface area (Å²) >= 11 is 8.84. The van der Waals surface area contributed by atoms with Gasteiger partial charge in [0.15, 0.2) is 17.2 Å². The van der Waals surface area contributed by atoms with Crippen molar-refractivity contribution >= 4 is 78.4 Å². The summed E-state index contributed by atoms with van der Waals surface area (Å²) < 4.78 is 23.3. The normalized spacial score (nSPS) is 10.6. The fourth-order valence-corrected chi connectivity index (χ4v) is 5.19. The van der Waals surface area contributed by atoms with Crippen molar-refractivity contribution in [2.24, 2.45) is 5.10 Å². The van der Waals surface area contributed by atoms with Crippen molar-refractivity contribution in [2.45, 2.75) is 0 Å². The zero-order valence-corrected chi connectivity index (χ0v) is 26.2. The molecule has 0 aromatic heterocycles. The third-order valence-electron chi connectivity index (χ3n) is 5.05. The van der Waals surface area contributed by atoms with E-state index in [1.54, 1.807) is 30.3 Å². The molecule has 2 N–H and O–H groups in total. The Morgan fingerprint density at radius 2 is 1.62 bits per heavy atom. The Kier molecular flexibility index (Phi) is 11.1. The zero-order chi connectivity index (χ0) is 28.5. The number of amides is 2. The van der Waals surface area contributed by atoms with E-state index >= 15 is 0 Å². The standard InChI is InChI=1S/C26H22Br2IN3O7/c1-36-20-9-14(10-21(37-2)24(20)38-3)25(34)30-13-22(33)32-31-12-15-8-16(27)11-18(28)23(15)39-26(35)17-6-4-5-7-19(17)29/h4-12H,13H2,1-3H3,(H,30,34)(H,32,33). The van der Waals surface area contributed by atoms with Gasteiger partial charge in [-0.15, -0.1) is 0 Å². The van der Waals surface area contributed by atoms with Crippen molar-refractivity contribution in [3.8, 4) is 23.0 Å². The van der Waals surface area contributed by atoms with Gasteiger partial charge in [0, 0.05) is 19.2 Å². The SMILES string of the molecule is COc1cc(C(=O)NCC(=O)NN=Cc2cc(Br)cc(Br)c2OC(=O)c2ccccc2I)cc(OC)c1OC. The molecule has 0 aliphatic rings. The van der Waals surface area contributed by atoms with Gasteiger partial charge in [-0.1, -0.05) is 28.1 Å². The predicted octanol–water partition coefficient (Wildman–Crippen LogP) is 4.94. The van der Waals surface area contributed by atoms with E-state index in [1.807, 2.05) is 6.07 Å². The molecular formula is C26H22Br2IN3O7. The summed E-state index contributed by atoms with van der Waals surface area (Å²) in [4.78, 5) is 37.7. The van der Waals surface area contributed by atoms with Crippen molar-refractivity contribution in [1.29, 1.82) is 0 Å². The van der Waals surface area contributed by atoms with E-state index in [9.17, 15) is 14.4 Å². The predicted molar refractivity (Wildman–Crippen MR) is 160 cm³/mol. The molecule has 0 saturated carbocycles. The molecule has 0 bridgehead atoms. The van der Waals surface area contributed by atoms with Crippen LogP contribution in [0.3, 0.4) is 0 Å². The van der Waals surface area contributed by atoms with Crippen molar-refractivity contribution < 1.29 is 33.3 Å². The van der Waals surface area contributed by atoms with Crippen LogP contribution in [0.1, 0.15) is 26.3 Å². The van der Waals surface area contributed by atoms with Gasteiger partial charge in [-0.3, -0.25) is 9.59 Å². The molecule has 3 aromatic rings. The van der Waals surface area contributed by atoms with Crippen LogP contribution in [0.15, 0.2) is 62.6 Å². The van der Waals surface area contributed by atoms with Gasteiger partial charge in [0.1, 0.15) is 0 Å². The number of hydrazone groups is 1. The first-order valence-corrected chi connectivity index (χ1v) is 13.7. The lowest BCUT2D eigenvalue weighted by Gasteiger charge is -2.14. The number of hydrogen-bond acceptors (Lipinski definition) is 8. The maximum atomic E-state index is 12.8. The molecule has 0 aliphatic heterocycles. The van der Waals surface area contributed by atoms with Crippen LogP contribution in [0.2, 0.25) is 0 Å². The summed E-state index contributed by atoms with van der Waals surface area (Å²) in [5.74, 6) is -0.504. The first kappa shape index (κ1) is 30.4. The maximum absolute atomic E-state index is 12.8. The molecule has 3 rings (SSSR count). The molecule has 0 heterocycles. The van der Waals surface area contributed by atoms with E-state index in [-0.39, 0.29) is 17.9 Å². The van der Waals surface area contributed by atoms with Crippen molar-refractivity contribution in [1.82, 2.24) is 10.7 Å². The van der Waals surface area contributed by atoms with Crippen LogP contribution in [0, 0.1) is 3.57 Å². The van der Waals surface area contributed by atoms with Crippen LogP contribution in [0.25, 0.3) is 0 Å². The van der Waals surface area contributed by atoms with E-state index < -0.39 is 17.8 Å². The molecule has 204 valence electrons. The largest absolute Gasteiger partial charge is 0.493 e. The van der Waals surface area contributed by atoms with Gasteiger partial charge in [-0.25, -0.2) is 10.2 Å². The second kappa shape index (κ2) is 14.3. The second-order valence-electron chi connectivity index (χ2n) is 7.57. The Bertz CT molecular complexity index is 1410. The van der Waals surface area contributed by atoms with Crippen LogP contribution in [0.4, 0.5) is 0 Å². The fraction of sp³-hybridized carbons (Fsp3) is 0.154. The average molecular weight is 775 g/mol. The minimum Gasteiger partial charge on any atom is -0.493 e. The Labute approximate surface area is 254 Å². The molecular weight excluding hydrogens is 753 g/mol. The number of ether oxygens (including phenoxy) is 4. The summed E-state index contributed by atoms with van der Waals surface area (Å²) in [5.41, 5.74) is 3.37. The minimum absolute atomic E-state index is 0.208. The minimum atomic E-state index is -0.585. The molecule has 13 heteroatoms. The maximum Gasteiger partial charge on any atom is 0.344 e. The number of nitrogens with zero attached hydrogens (tertiary/aromatic N) is 1. The summed E-state index contributed by atoms with van der Waals surface area (Å²) in [7, 11) is 4.32. The first-order valence-electron chi connectivity index (χ1n) is 11.0. The quantitative estimate of drug-likeness (QED) is 0.0984. The molecule has 39 heavy (non-hydrogen) atoms. The number of methoxy groups -OCH3 is 3. The molecule has 2 amide bonds. The number of carbonyl (C=O) groups is 3. The smallest absolute Gasteiger partial charge is 0.344 e. The van der Waals surface area contributed by atoms with Crippen LogP contribution in [0.5, 0.6) is 23.0 Å². The van der Waals surface area contributed by atoms with Gasteiger partial charge in [0.05, 0.1) is 44.1 Å². The average Bonchev–Trinajstić information content (AvgIpc) is 2.92. The van der Waals surface area contributed by atoms with Gasteiger partial charge in [0.25, 0.3) is 11.8 Å². The number of benzene rings is 3. The molecule has 3 aromatic carbocycles. The summed E-state index contributed by atoms with van der Waals surface area (Å²) in [5, 5.41) is 6.45. The zero-order valence-electron chi connectivity index (χ0n) is 20.8. The highest BCUT2D eigenvalue weighted by Crippen LogP contribution is 2.38. The molecule has 0 saturated heterocycles. The lowest BCUT2D eigenvalue weighted by Crippen LogP contribution is -2.35. The van der Waals surface area contributed by atoms with E-state index in [0.717, 1.165) is 3.57 Å². The highest BCUT2D eigenvalue weighted by atomic mass is 127. The van der Waals surface area contributed by atoms with Crippen LogP contribution in [-0.4, -0.2) is 51.9 Å². The molecule has 0 unspecified atom stereocenters. The highest BCUT2D eigenvalue weighted by Gasteiger charge is 2.19. The first-order chi connectivity index (χ1) is 18.7. The number of rotatable bonds is 10. The number of halogens is 3. The van der Waals surface area contributed by atoms with Gasteiger partial charge < -0.3 is 24.3 Å². The van der Waals surface area contributed by atoms with E-state index in [4.69, 9.17) is 18.9 Å². The summed E-state index contributed by atoms with van der Waals surface area (Å²) in [6.45, 7) is -0.358. The molecule has 0 spiro atoms. The van der Waals surface area contributed by atoms with Crippen molar-refractivity contribution in [3.05, 3.63) is 77.7 Å². The molecule has 0 radical (unpaired) electrons. The summed E-state index contributed by atoms with van der Waals surface area (Å²) in [6.07, 6.45) is 1.33. The third kappa shape index (κ3) is 7.92. The third-order valence-corrected chi connectivity index (χ3v) is 7.04. The Balaban J connectivity index is 1.67. The van der Waals surface area contributed by atoms with Gasteiger partial charge in [-0.05, 0) is 74.9 Å². The van der Waals surface area contributed by atoms with Crippen LogP contribution < -0.4 is 29.7 Å². The van der Waals surface area contributed by atoms with E-state index in [1.165, 1.54) is 39.7 Å². The Hall–Kier alpha value is -3.17. The molecule has 10 nitrogen and oxygen atoms in total. The molecule has 0 atom stereocenters. The highest BCUT2D eigenvalue weighted by molar-refractivity contribution is 14.1. The molecule has 0 fully saturated rings. The number of hydrogen-bond donors (Lipinski definition) is 2. The van der Waals surface area contributed by atoms with E-state index in [2.05, 4.69) is 70.3 Å².